The molecular weight excluding hydrogens is 440 g/mol. The molecule has 2 aliphatic rings. The monoisotopic (exact) mass is 466 g/mol. The molecule has 0 bridgehead atoms. The fraction of sp³-hybridized carbons (Fsp3) is 0.500. The third kappa shape index (κ3) is 4.39. The molecule has 0 atom stereocenters. The van der Waals surface area contributed by atoms with Gasteiger partial charge in [0, 0.05) is 43.2 Å². The largest absolute Gasteiger partial charge is 0.486 e. The molecule has 2 aliphatic heterocycles. The van der Waals surface area contributed by atoms with Crippen LogP contribution in [0, 0.1) is 12.8 Å². The maximum atomic E-state index is 12.9. The number of aromatic nitrogens is 2. The Labute approximate surface area is 186 Å². The van der Waals surface area contributed by atoms with Crippen LogP contribution in [0.2, 0.25) is 0 Å². The molecule has 168 valence electrons. The maximum absolute atomic E-state index is 12.9. The van der Waals surface area contributed by atoms with Crippen LogP contribution in [0.3, 0.4) is 0 Å². The zero-order valence-corrected chi connectivity index (χ0v) is 19.4. The number of aryl methyl sites for hydroxylation is 2. The lowest BCUT2D eigenvalue weighted by atomic mass is 9.97. The van der Waals surface area contributed by atoms with Crippen LogP contribution in [0.5, 0.6) is 11.5 Å². The number of fused-ring (bicyclic) bond motifs is 1. The number of hydrogen-bond donors (Lipinski definition) is 1. The van der Waals surface area contributed by atoms with E-state index in [1.54, 1.807) is 24.6 Å². The maximum Gasteiger partial charge on any atom is 0.262 e. The Kier molecular flexibility index (Phi) is 6.18. The van der Waals surface area contributed by atoms with E-state index in [2.05, 4.69) is 10.3 Å². The van der Waals surface area contributed by atoms with Crippen molar-refractivity contribution in [2.24, 2.45) is 13.0 Å². The van der Waals surface area contributed by atoms with Crippen molar-refractivity contribution < 1.29 is 22.7 Å². The van der Waals surface area contributed by atoms with Crippen LogP contribution in [0.1, 0.15) is 18.7 Å². The molecule has 0 radical (unpaired) electrons. The highest BCUT2D eigenvalue weighted by atomic mass is 32.2. The third-order valence-corrected chi connectivity index (χ3v) is 8.19. The Bertz CT molecular complexity index is 1070. The number of imidazole rings is 1. The molecule has 11 heteroatoms. The van der Waals surface area contributed by atoms with E-state index in [0.717, 1.165) is 4.90 Å². The number of nitrogens with zero attached hydrogens (tertiary/aromatic N) is 3. The minimum absolute atomic E-state index is 0.0521. The summed E-state index contributed by atoms with van der Waals surface area (Å²) in [5.74, 6) is 1.55. The Morgan fingerprint density at radius 2 is 1.84 bits per heavy atom. The van der Waals surface area contributed by atoms with E-state index in [0.29, 0.717) is 49.1 Å². The summed E-state index contributed by atoms with van der Waals surface area (Å²) in [6.07, 6.45) is 4.37. The van der Waals surface area contributed by atoms with Crippen molar-refractivity contribution in [2.45, 2.75) is 29.7 Å². The van der Waals surface area contributed by atoms with Crippen molar-refractivity contribution in [2.75, 3.05) is 37.9 Å². The molecule has 0 unspecified atom stereocenters. The summed E-state index contributed by atoms with van der Waals surface area (Å²) in [6, 6.07) is 3.67. The lowest BCUT2D eigenvalue weighted by Gasteiger charge is -2.30. The number of carbonyl (C=O) groups is 1. The van der Waals surface area contributed by atoms with Gasteiger partial charge in [-0.25, -0.2) is 13.4 Å². The van der Waals surface area contributed by atoms with Gasteiger partial charge in [0.15, 0.2) is 16.5 Å². The van der Waals surface area contributed by atoms with Crippen LogP contribution >= 0.6 is 11.8 Å². The molecule has 9 nitrogen and oxygen atoms in total. The first-order chi connectivity index (χ1) is 14.8. The van der Waals surface area contributed by atoms with Crippen molar-refractivity contribution >= 4 is 33.4 Å². The molecule has 31 heavy (non-hydrogen) atoms. The topological polar surface area (TPSA) is 103 Å². The summed E-state index contributed by atoms with van der Waals surface area (Å²) in [7, 11) is -1.89. The molecule has 3 heterocycles. The predicted octanol–water partition coefficient (Wildman–Crippen LogP) is 2.26. The van der Waals surface area contributed by atoms with Crippen molar-refractivity contribution in [1.82, 2.24) is 13.9 Å². The van der Waals surface area contributed by atoms with Gasteiger partial charge < -0.3 is 19.4 Å². The minimum Gasteiger partial charge on any atom is -0.486 e. The molecule has 4 rings (SSSR count). The van der Waals surface area contributed by atoms with Crippen LogP contribution < -0.4 is 14.8 Å². The Morgan fingerprint density at radius 1 is 1.19 bits per heavy atom. The summed E-state index contributed by atoms with van der Waals surface area (Å²) in [5, 5.41) is 3.05. The van der Waals surface area contributed by atoms with Crippen molar-refractivity contribution in [1.29, 1.82) is 0 Å². The standard InChI is InChI=1S/C20H26N4O5S2/c1-13-21-19(12-23(13)2)31(26,27)24-6-4-14(5-7-24)20(25)22-15-10-16-17(11-18(15)30-3)29-9-8-28-16/h10-12,14H,4-9H2,1-3H3,(H,22,25). The second kappa shape index (κ2) is 8.71. The molecule has 1 amide bonds. The highest BCUT2D eigenvalue weighted by Crippen LogP contribution is 2.39. The van der Waals surface area contributed by atoms with E-state index < -0.39 is 10.0 Å². The number of thioether (sulfide) groups is 1. The zero-order chi connectivity index (χ0) is 22.2. The number of piperidine rings is 1. The summed E-state index contributed by atoms with van der Waals surface area (Å²) < 4.78 is 40.1. The van der Waals surface area contributed by atoms with Gasteiger partial charge in [-0.1, -0.05) is 0 Å². The fourth-order valence-corrected chi connectivity index (χ4v) is 5.76. The molecular formula is C20H26N4O5S2. The number of sulfonamides is 1. The van der Waals surface area contributed by atoms with Gasteiger partial charge in [0.05, 0.1) is 5.69 Å². The van der Waals surface area contributed by atoms with E-state index in [1.807, 2.05) is 12.3 Å². The molecule has 0 saturated carbocycles. The van der Waals surface area contributed by atoms with Gasteiger partial charge in [-0.15, -0.1) is 11.8 Å². The smallest absolute Gasteiger partial charge is 0.262 e. The summed E-state index contributed by atoms with van der Waals surface area (Å²) >= 11 is 1.51. The van der Waals surface area contributed by atoms with Crippen LogP contribution in [0.25, 0.3) is 0 Å². The van der Waals surface area contributed by atoms with Gasteiger partial charge in [-0.2, -0.15) is 4.31 Å². The first-order valence-corrected chi connectivity index (χ1v) is 12.7. The van der Waals surface area contributed by atoms with Gasteiger partial charge in [-0.05, 0) is 32.1 Å². The molecule has 1 saturated heterocycles. The normalized spacial score (nSPS) is 17.5. The van der Waals surface area contributed by atoms with E-state index in [1.165, 1.54) is 22.3 Å². The van der Waals surface area contributed by atoms with Crippen LogP contribution in [-0.2, 0) is 21.9 Å². The Hall–Kier alpha value is -2.24. The van der Waals surface area contributed by atoms with Crippen molar-refractivity contribution in [3.05, 3.63) is 24.2 Å². The predicted molar refractivity (Wildman–Crippen MR) is 117 cm³/mol. The average molecular weight is 467 g/mol. The molecule has 1 fully saturated rings. The van der Waals surface area contributed by atoms with Crippen LogP contribution in [0.4, 0.5) is 5.69 Å². The Balaban J connectivity index is 1.42. The minimum atomic E-state index is -3.66. The van der Waals surface area contributed by atoms with E-state index in [4.69, 9.17) is 9.47 Å². The number of ether oxygens (including phenoxy) is 2. The third-order valence-electron chi connectivity index (χ3n) is 5.64. The number of nitrogens with one attached hydrogen (secondary N) is 1. The molecule has 1 N–H and O–H groups in total. The highest BCUT2D eigenvalue weighted by molar-refractivity contribution is 7.98. The van der Waals surface area contributed by atoms with Gasteiger partial charge in [-0.3, -0.25) is 4.79 Å². The Morgan fingerprint density at radius 3 is 2.42 bits per heavy atom. The van der Waals surface area contributed by atoms with Crippen LogP contribution in [0.15, 0.2) is 28.3 Å². The van der Waals surface area contributed by atoms with E-state index >= 15 is 0 Å². The van der Waals surface area contributed by atoms with Crippen molar-refractivity contribution in [3.8, 4) is 11.5 Å². The van der Waals surface area contributed by atoms with Crippen molar-refractivity contribution in [3.63, 3.8) is 0 Å². The number of amides is 1. The van der Waals surface area contributed by atoms with Gasteiger partial charge in [0.1, 0.15) is 19.0 Å². The number of anilines is 1. The SMILES string of the molecule is CSc1cc2c(cc1NC(=O)C1CCN(S(=O)(=O)c3cn(C)c(C)n3)CC1)OCCO2. The van der Waals surface area contributed by atoms with E-state index in [-0.39, 0.29) is 29.9 Å². The van der Waals surface area contributed by atoms with E-state index in [9.17, 15) is 13.2 Å². The second-order valence-electron chi connectivity index (χ2n) is 7.60. The number of benzene rings is 1. The van der Waals surface area contributed by atoms with Gasteiger partial charge in [0.25, 0.3) is 10.0 Å². The fourth-order valence-electron chi connectivity index (χ4n) is 3.71. The van der Waals surface area contributed by atoms with Gasteiger partial charge >= 0.3 is 0 Å². The molecule has 0 spiro atoms. The lowest BCUT2D eigenvalue weighted by Crippen LogP contribution is -2.41. The number of rotatable bonds is 5. The quantitative estimate of drug-likeness (QED) is 0.674. The summed E-state index contributed by atoms with van der Waals surface area (Å²) in [6.45, 7) is 3.31. The lowest BCUT2D eigenvalue weighted by molar-refractivity contribution is -0.120. The first-order valence-electron chi connectivity index (χ1n) is 10.1. The first kappa shape index (κ1) is 22.0. The average Bonchev–Trinajstić information content (AvgIpc) is 3.12. The highest BCUT2D eigenvalue weighted by Gasteiger charge is 2.34. The van der Waals surface area contributed by atoms with Crippen LogP contribution in [-0.4, -0.2) is 60.7 Å². The summed E-state index contributed by atoms with van der Waals surface area (Å²) in [4.78, 5) is 17.9. The molecule has 1 aromatic heterocycles. The van der Waals surface area contributed by atoms with Gasteiger partial charge in [0.2, 0.25) is 5.91 Å². The number of hydrogen-bond acceptors (Lipinski definition) is 7. The molecule has 0 aliphatic carbocycles. The second-order valence-corrected chi connectivity index (χ2v) is 10.3. The summed E-state index contributed by atoms with van der Waals surface area (Å²) in [5.41, 5.74) is 0.681. The number of carbonyl (C=O) groups excluding carboxylic acids is 1. The molecule has 2 aromatic rings. The zero-order valence-electron chi connectivity index (χ0n) is 17.8. The molecule has 1 aromatic carbocycles.